The zero-order valence-electron chi connectivity index (χ0n) is 18.1. The highest BCUT2D eigenvalue weighted by Crippen LogP contribution is 2.32. The van der Waals surface area contributed by atoms with Crippen LogP contribution in [0.1, 0.15) is 31.9 Å². The number of alkyl carbamates (subject to hydrolysis) is 1. The van der Waals surface area contributed by atoms with Gasteiger partial charge in [-0.3, -0.25) is 0 Å². The summed E-state index contributed by atoms with van der Waals surface area (Å²) in [6, 6.07) is 13.8. The van der Waals surface area contributed by atoms with E-state index in [4.69, 9.17) is 4.74 Å². The van der Waals surface area contributed by atoms with Crippen molar-refractivity contribution in [1.82, 2.24) is 10.0 Å². The number of rotatable bonds is 6. The van der Waals surface area contributed by atoms with Crippen molar-refractivity contribution >= 4 is 22.0 Å². The van der Waals surface area contributed by atoms with Gasteiger partial charge in [-0.25, -0.2) is 13.8 Å². The summed E-state index contributed by atoms with van der Waals surface area (Å²) in [5, 5.41) is 22.8. The highest BCUT2D eigenvalue weighted by atomic mass is 32.2. The molecule has 10 heteroatoms. The van der Waals surface area contributed by atoms with E-state index in [9.17, 15) is 23.4 Å². The Morgan fingerprint density at radius 1 is 1.09 bits per heavy atom. The second-order valence-corrected chi connectivity index (χ2v) is 10.0. The van der Waals surface area contributed by atoms with Gasteiger partial charge in [0.2, 0.25) is 5.88 Å². The molecule has 172 valence electrons. The Hall–Kier alpha value is -3.40. The molecule has 2 aromatic rings. The Bertz CT molecular complexity index is 1110. The topological polar surface area (TPSA) is 128 Å². The Kier molecular flexibility index (Phi) is 6.54. The van der Waals surface area contributed by atoms with E-state index < -0.39 is 27.8 Å². The van der Waals surface area contributed by atoms with Crippen molar-refractivity contribution in [1.29, 1.82) is 0 Å². The van der Waals surface area contributed by atoms with Crippen LogP contribution in [-0.2, 0) is 27.8 Å². The third-order valence-corrected chi connectivity index (χ3v) is 5.82. The van der Waals surface area contributed by atoms with Crippen molar-refractivity contribution in [3.63, 3.8) is 0 Å². The number of benzene rings is 2. The maximum atomic E-state index is 12.4. The van der Waals surface area contributed by atoms with Crippen LogP contribution in [0.15, 0.2) is 60.6 Å². The molecule has 1 heterocycles. The minimum Gasteiger partial charge on any atom is -0.506 e. The van der Waals surface area contributed by atoms with Gasteiger partial charge in [0.05, 0.1) is 6.20 Å². The summed E-state index contributed by atoms with van der Waals surface area (Å²) in [5.41, 5.74) is 1.05. The number of hydrogen-bond acceptors (Lipinski definition) is 6. The number of aliphatic hydroxyl groups is 1. The molecule has 3 rings (SSSR count). The largest absolute Gasteiger partial charge is 0.506 e. The summed E-state index contributed by atoms with van der Waals surface area (Å²) in [4.78, 5) is 12.4. The lowest BCUT2D eigenvalue weighted by Gasteiger charge is -2.24. The highest BCUT2D eigenvalue weighted by Gasteiger charge is 2.30. The lowest BCUT2D eigenvalue weighted by atomic mass is 9.98. The van der Waals surface area contributed by atoms with E-state index >= 15 is 0 Å². The van der Waals surface area contributed by atoms with E-state index in [1.54, 1.807) is 26.8 Å². The molecule has 4 N–H and O–H groups in total. The average Bonchev–Trinajstić information content (AvgIpc) is 2.93. The monoisotopic (exact) mass is 461 g/mol. The maximum Gasteiger partial charge on any atom is 0.407 e. The van der Waals surface area contributed by atoms with Crippen molar-refractivity contribution in [2.75, 3.05) is 4.31 Å². The smallest absolute Gasteiger partial charge is 0.407 e. The molecule has 1 atom stereocenters. The molecule has 9 nitrogen and oxygen atoms in total. The van der Waals surface area contributed by atoms with Gasteiger partial charge in [-0.15, -0.1) is 0 Å². The molecular formula is C22H27N3O6S. The first-order chi connectivity index (χ1) is 14.9. The van der Waals surface area contributed by atoms with Gasteiger partial charge in [0.1, 0.15) is 17.0 Å². The van der Waals surface area contributed by atoms with Crippen LogP contribution in [-0.4, -0.2) is 36.4 Å². The van der Waals surface area contributed by atoms with Crippen LogP contribution in [0.3, 0.4) is 0 Å². The van der Waals surface area contributed by atoms with Crippen molar-refractivity contribution in [2.24, 2.45) is 0 Å². The molecule has 0 aromatic heterocycles. The van der Waals surface area contributed by atoms with Crippen LogP contribution in [0.5, 0.6) is 5.75 Å². The maximum absolute atomic E-state index is 12.4. The third kappa shape index (κ3) is 6.07. The number of nitrogens with zero attached hydrogens (tertiary/aromatic N) is 1. The van der Waals surface area contributed by atoms with Gasteiger partial charge >= 0.3 is 16.3 Å². The lowest BCUT2D eigenvalue weighted by molar-refractivity contribution is 0.0504. The Labute approximate surface area is 187 Å². The number of phenols is 1. The van der Waals surface area contributed by atoms with E-state index in [1.807, 2.05) is 35.1 Å². The van der Waals surface area contributed by atoms with Gasteiger partial charge in [0.25, 0.3) is 0 Å². The summed E-state index contributed by atoms with van der Waals surface area (Å²) < 4.78 is 32.2. The fraction of sp³-hybridized carbons (Fsp3) is 0.318. The minimum atomic E-state index is -4.01. The number of phenolic OH excluding ortho intramolecular Hbond substituents is 1. The number of hydrogen-bond donors (Lipinski definition) is 4. The van der Waals surface area contributed by atoms with Crippen LogP contribution in [0.2, 0.25) is 0 Å². The van der Waals surface area contributed by atoms with Crippen molar-refractivity contribution < 1.29 is 28.2 Å². The zero-order chi connectivity index (χ0) is 23.5. The molecule has 0 bridgehead atoms. The van der Waals surface area contributed by atoms with Gasteiger partial charge in [-0.1, -0.05) is 36.4 Å². The van der Waals surface area contributed by atoms with Crippen molar-refractivity contribution in [3.8, 4) is 5.75 Å². The summed E-state index contributed by atoms with van der Waals surface area (Å²) >= 11 is 0. The normalized spacial score (nSPS) is 16.1. The standard InChI is InChI=1S/C22H27N3O6S/c1-22(2,3)31-21(28)23-17(11-15-7-5-4-6-8-15)12-16-9-10-18(19(26)13-16)25-14-20(27)24-32(25,29)30/h4-10,13-14,17,24,26-27H,11-12H2,1-3H3,(H,23,28). The van der Waals surface area contributed by atoms with Crippen LogP contribution in [0.25, 0.3) is 0 Å². The number of carbonyl (C=O) groups excluding carboxylic acids is 1. The fourth-order valence-electron chi connectivity index (χ4n) is 3.30. The number of carbonyl (C=O) groups is 1. The molecule has 0 fully saturated rings. The first-order valence-electron chi connectivity index (χ1n) is 10.0. The van der Waals surface area contributed by atoms with Gasteiger partial charge in [-0.05, 0) is 56.9 Å². The SMILES string of the molecule is CC(C)(C)OC(=O)NC(Cc1ccccc1)Cc1ccc(N2C=C(O)NS2(=O)=O)c(O)c1. The second kappa shape index (κ2) is 8.99. The number of aliphatic hydroxyl groups excluding tert-OH is 1. The van der Waals surface area contributed by atoms with Crippen LogP contribution in [0.4, 0.5) is 10.5 Å². The number of anilines is 1. The molecule has 1 unspecified atom stereocenters. The molecule has 0 aliphatic carbocycles. The highest BCUT2D eigenvalue weighted by molar-refractivity contribution is 7.91. The van der Waals surface area contributed by atoms with E-state index in [0.717, 1.165) is 16.1 Å². The van der Waals surface area contributed by atoms with Gasteiger partial charge in [0, 0.05) is 6.04 Å². The summed E-state index contributed by atoms with van der Waals surface area (Å²) in [6.07, 6.45) is 1.32. The number of amides is 1. The van der Waals surface area contributed by atoms with Gasteiger partial charge in [0.15, 0.2) is 0 Å². The molecule has 32 heavy (non-hydrogen) atoms. The van der Waals surface area contributed by atoms with E-state index in [0.29, 0.717) is 18.4 Å². The Morgan fingerprint density at radius 3 is 2.31 bits per heavy atom. The van der Waals surface area contributed by atoms with Crippen LogP contribution in [0, 0.1) is 0 Å². The first-order valence-corrected chi connectivity index (χ1v) is 11.5. The molecule has 1 aliphatic heterocycles. The van der Waals surface area contributed by atoms with Crippen molar-refractivity contribution in [2.45, 2.75) is 45.3 Å². The Morgan fingerprint density at radius 2 is 1.75 bits per heavy atom. The molecule has 2 aromatic carbocycles. The zero-order valence-corrected chi connectivity index (χ0v) is 18.9. The molecule has 0 saturated carbocycles. The van der Waals surface area contributed by atoms with E-state index in [-0.39, 0.29) is 17.5 Å². The average molecular weight is 462 g/mol. The summed E-state index contributed by atoms with van der Waals surface area (Å²) in [7, 11) is -4.01. The molecule has 1 aliphatic rings. The quantitative estimate of drug-likeness (QED) is 0.523. The minimum absolute atomic E-state index is 0.00925. The van der Waals surface area contributed by atoms with Crippen LogP contribution < -0.4 is 14.3 Å². The molecule has 1 amide bonds. The fourth-order valence-corrected chi connectivity index (χ4v) is 4.37. The predicted molar refractivity (Wildman–Crippen MR) is 120 cm³/mol. The number of ether oxygens (including phenoxy) is 1. The lowest BCUT2D eigenvalue weighted by Crippen LogP contribution is -2.41. The molecule has 0 spiro atoms. The van der Waals surface area contributed by atoms with Gasteiger partial charge in [-0.2, -0.15) is 8.42 Å². The number of nitrogens with one attached hydrogen (secondary N) is 2. The van der Waals surface area contributed by atoms with Crippen molar-refractivity contribution in [3.05, 3.63) is 71.7 Å². The van der Waals surface area contributed by atoms with Crippen LogP contribution >= 0.6 is 0 Å². The summed E-state index contributed by atoms with van der Waals surface area (Å²) in [6.45, 7) is 5.34. The van der Waals surface area contributed by atoms with Gasteiger partial charge < -0.3 is 20.3 Å². The summed E-state index contributed by atoms with van der Waals surface area (Å²) in [5.74, 6) is -0.826. The van der Waals surface area contributed by atoms with E-state index in [2.05, 4.69) is 5.32 Å². The molecule has 0 radical (unpaired) electrons. The first kappa shape index (κ1) is 23.3. The predicted octanol–water partition coefficient (Wildman–Crippen LogP) is 3.08. The third-order valence-electron chi connectivity index (χ3n) is 4.54. The molecule has 0 saturated heterocycles. The van der Waals surface area contributed by atoms with E-state index in [1.165, 1.54) is 12.1 Å². The number of aromatic hydroxyl groups is 1. The Balaban J connectivity index is 1.80. The second-order valence-electron chi connectivity index (χ2n) is 8.48. The molecular weight excluding hydrogens is 434 g/mol.